The number of carbonyl (C=O) groups excluding carboxylic acids is 1. The molecule has 2 fully saturated rings. The fourth-order valence-electron chi connectivity index (χ4n) is 4.30. The third-order valence-electron chi connectivity index (χ3n) is 5.52. The second-order valence-electron chi connectivity index (χ2n) is 7.06. The molecule has 0 spiro atoms. The van der Waals surface area contributed by atoms with E-state index in [1.165, 1.54) is 36.4 Å². The fourth-order valence-corrected chi connectivity index (χ4v) is 4.30. The summed E-state index contributed by atoms with van der Waals surface area (Å²) in [5.74, 6) is 0.588. The summed E-state index contributed by atoms with van der Waals surface area (Å²) in [5.41, 5.74) is 0.806. The molecule has 4 rings (SSSR count). The van der Waals surface area contributed by atoms with Crippen LogP contribution in [-0.4, -0.2) is 33.2 Å². The predicted octanol–water partition coefficient (Wildman–Crippen LogP) is 3.03. The van der Waals surface area contributed by atoms with Gasteiger partial charge in [0.05, 0.1) is 5.69 Å². The molecular formula is C20H23N3O2. The highest BCUT2D eigenvalue weighted by atomic mass is 16.2. The van der Waals surface area contributed by atoms with Crippen molar-refractivity contribution in [2.75, 3.05) is 6.54 Å². The summed E-state index contributed by atoms with van der Waals surface area (Å²) in [7, 11) is 0. The van der Waals surface area contributed by atoms with Gasteiger partial charge in [-0.2, -0.15) is 9.78 Å². The summed E-state index contributed by atoms with van der Waals surface area (Å²) in [4.78, 5) is 27.2. The second-order valence-corrected chi connectivity index (χ2v) is 7.06. The van der Waals surface area contributed by atoms with Gasteiger partial charge in [-0.1, -0.05) is 31.0 Å². The molecule has 2 aliphatic rings. The number of aromatic nitrogens is 2. The number of para-hydroxylation sites is 1. The Morgan fingerprint density at radius 2 is 1.72 bits per heavy atom. The van der Waals surface area contributed by atoms with Gasteiger partial charge in [0.15, 0.2) is 0 Å². The van der Waals surface area contributed by atoms with Crippen LogP contribution in [0.1, 0.15) is 49.0 Å². The Kier molecular flexibility index (Phi) is 4.38. The molecule has 1 amide bonds. The molecule has 1 aromatic carbocycles. The van der Waals surface area contributed by atoms with E-state index in [0.717, 1.165) is 19.4 Å². The molecule has 1 saturated carbocycles. The van der Waals surface area contributed by atoms with E-state index in [-0.39, 0.29) is 11.5 Å². The first-order chi connectivity index (χ1) is 12.2. The zero-order chi connectivity index (χ0) is 17.2. The van der Waals surface area contributed by atoms with Crippen molar-refractivity contribution >= 4 is 5.91 Å². The quantitative estimate of drug-likeness (QED) is 0.865. The average Bonchev–Trinajstić information content (AvgIpc) is 3.33. The highest BCUT2D eigenvalue weighted by molar-refractivity contribution is 5.92. The Hall–Kier alpha value is -2.43. The van der Waals surface area contributed by atoms with Crippen LogP contribution in [0.5, 0.6) is 0 Å². The lowest BCUT2D eigenvalue weighted by molar-refractivity contribution is 0.0681. The van der Waals surface area contributed by atoms with Crippen molar-refractivity contribution in [2.24, 2.45) is 5.92 Å². The lowest BCUT2D eigenvalue weighted by Crippen LogP contribution is -2.40. The van der Waals surface area contributed by atoms with Crippen LogP contribution in [0.2, 0.25) is 0 Å². The van der Waals surface area contributed by atoms with Crippen molar-refractivity contribution in [3.8, 4) is 5.69 Å². The molecule has 25 heavy (non-hydrogen) atoms. The number of carbonyl (C=O) groups is 1. The van der Waals surface area contributed by atoms with Crippen LogP contribution in [-0.2, 0) is 0 Å². The summed E-state index contributed by atoms with van der Waals surface area (Å²) in [6.07, 6.45) is 7.16. The minimum atomic E-state index is -0.225. The molecule has 1 aromatic heterocycles. The minimum absolute atomic E-state index is 0.0425. The maximum atomic E-state index is 13.1. The fraction of sp³-hybridized carbons (Fsp3) is 0.450. The first kappa shape index (κ1) is 16.1. The topological polar surface area (TPSA) is 55.2 Å². The Bertz CT molecular complexity index is 809. The number of nitrogens with zero attached hydrogens (tertiary/aromatic N) is 3. The number of hydrogen-bond acceptors (Lipinski definition) is 3. The number of rotatable bonds is 3. The molecule has 1 aliphatic heterocycles. The van der Waals surface area contributed by atoms with Gasteiger partial charge in [0, 0.05) is 18.7 Å². The van der Waals surface area contributed by atoms with Crippen LogP contribution in [0.15, 0.2) is 47.3 Å². The van der Waals surface area contributed by atoms with Gasteiger partial charge in [-0.15, -0.1) is 0 Å². The minimum Gasteiger partial charge on any atom is -0.334 e. The van der Waals surface area contributed by atoms with Crippen LogP contribution in [0, 0.1) is 5.92 Å². The summed E-state index contributed by atoms with van der Waals surface area (Å²) in [6, 6.07) is 12.6. The van der Waals surface area contributed by atoms with Gasteiger partial charge in [0.1, 0.15) is 5.69 Å². The smallest absolute Gasteiger partial charge is 0.274 e. The third kappa shape index (κ3) is 3.11. The zero-order valence-electron chi connectivity index (χ0n) is 14.3. The van der Waals surface area contributed by atoms with Gasteiger partial charge in [-0.3, -0.25) is 9.59 Å². The highest BCUT2D eigenvalue weighted by Crippen LogP contribution is 2.35. The van der Waals surface area contributed by atoms with Gasteiger partial charge in [-0.25, -0.2) is 0 Å². The first-order valence-electron chi connectivity index (χ1n) is 9.21. The van der Waals surface area contributed by atoms with Crippen molar-refractivity contribution < 1.29 is 4.79 Å². The van der Waals surface area contributed by atoms with E-state index >= 15 is 0 Å². The molecular weight excluding hydrogens is 314 g/mol. The van der Waals surface area contributed by atoms with Crippen LogP contribution in [0.4, 0.5) is 0 Å². The van der Waals surface area contributed by atoms with Crippen LogP contribution in [0.25, 0.3) is 5.69 Å². The first-order valence-corrected chi connectivity index (χ1v) is 9.21. The Balaban J connectivity index is 1.63. The van der Waals surface area contributed by atoms with Gasteiger partial charge >= 0.3 is 0 Å². The van der Waals surface area contributed by atoms with Gasteiger partial charge < -0.3 is 4.90 Å². The van der Waals surface area contributed by atoms with Crippen LogP contribution in [0.3, 0.4) is 0 Å². The van der Waals surface area contributed by atoms with Crippen molar-refractivity contribution in [1.29, 1.82) is 0 Å². The summed E-state index contributed by atoms with van der Waals surface area (Å²) in [5, 5.41) is 4.36. The normalized spacial score (nSPS) is 21.0. The molecule has 1 atom stereocenters. The lowest BCUT2D eigenvalue weighted by Gasteiger charge is -2.29. The third-order valence-corrected chi connectivity index (χ3v) is 5.52. The van der Waals surface area contributed by atoms with E-state index in [9.17, 15) is 9.59 Å². The Morgan fingerprint density at radius 3 is 2.48 bits per heavy atom. The molecule has 0 N–H and O–H groups in total. The summed E-state index contributed by atoms with van der Waals surface area (Å²) in [6.45, 7) is 0.798. The Labute approximate surface area is 147 Å². The maximum Gasteiger partial charge on any atom is 0.274 e. The predicted molar refractivity (Wildman–Crippen MR) is 95.9 cm³/mol. The zero-order valence-corrected chi connectivity index (χ0v) is 14.3. The molecule has 2 aromatic rings. The van der Waals surface area contributed by atoms with E-state index in [1.807, 2.05) is 35.2 Å². The van der Waals surface area contributed by atoms with Crippen molar-refractivity contribution in [3.63, 3.8) is 0 Å². The molecule has 0 bridgehead atoms. The van der Waals surface area contributed by atoms with Crippen molar-refractivity contribution in [3.05, 3.63) is 58.5 Å². The molecule has 5 heteroatoms. The molecule has 1 saturated heterocycles. The molecule has 0 radical (unpaired) electrons. The number of likely N-dealkylation sites (tertiary alicyclic amines) is 1. The maximum absolute atomic E-state index is 13.1. The number of hydrogen-bond donors (Lipinski definition) is 0. The van der Waals surface area contributed by atoms with Gasteiger partial charge in [0.2, 0.25) is 0 Å². The van der Waals surface area contributed by atoms with Crippen LogP contribution >= 0.6 is 0 Å². The highest BCUT2D eigenvalue weighted by Gasteiger charge is 2.36. The molecule has 130 valence electrons. The Morgan fingerprint density at radius 1 is 0.960 bits per heavy atom. The van der Waals surface area contributed by atoms with E-state index < -0.39 is 0 Å². The van der Waals surface area contributed by atoms with E-state index in [0.29, 0.717) is 23.3 Å². The van der Waals surface area contributed by atoms with E-state index in [1.54, 1.807) is 6.07 Å². The van der Waals surface area contributed by atoms with Gasteiger partial charge in [0.25, 0.3) is 11.5 Å². The molecule has 1 unspecified atom stereocenters. The molecule has 5 nitrogen and oxygen atoms in total. The molecule has 2 heterocycles. The monoisotopic (exact) mass is 337 g/mol. The summed E-state index contributed by atoms with van der Waals surface area (Å²) >= 11 is 0. The van der Waals surface area contributed by atoms with Gasteiger partial charge in [-0.05, 0) is 49.8 Å². The van der Waals surface area contributed by atoms with Crippen molar-refractivity contribution in [2.45, 2.75) is 44.6 Å². The largest absolute Gasteiger partial charge is 0.334 e. The SMILES string of the molecule is O=C(c1ccc(=O)n(-c2ccccc2)n1)N1CCCC1C1CCCC1. The standard InChI is InChI=1S/C20H23N3O2/c24-19-13-12-17(21-23(19)16-9-2-1-3-10-16)20(25)22-14-6-11-18(22)15-7-4-5-8-15/h1-3,9-10,12-13,15,18H,4-8,11,14H2. The van der Waals surface area contributed by atoms with E-state index in [4.69, 9.17) is 0 Å². The van der Waals surface area contributed by atoms with Crippen molar-refractivity contribution in [1.82, 2.24) is 14.7 Å². The average molecular weight is 337 g/mol. The number of amides is 1. The number of benzene rings is 1. The molecule has 1 aliphatic carbocycles. The van der Waals surface area contributed by atoms with E-state index in [2.05, 4.69) is 5.10 Å². The lowest BCUT2D eigenvalue weighted by atomic mass is 9.96. The van der Waals surface area contributed by atoms with Crippen LogP contribution < -0.4 is 5.56 Å². The summed E-state index contributed by atoms with van der Waals surface area (Å²) < 4.78 is 1.31. The second kappa shape index (κ2) is 6.82.